The van der Waals surface area contributed by atoms with Crippen molar-refractivity contribution >= 4 is 0 Å². The maximum absolute atomic E-state index is 13.6. The zero-order chi connectivity index (χ0) is 20.2. The Bertz CT molecular complexity index is 626. The number of hydrogen-bond donors (Lipinski definition) is 0. The molecule has 1 aromatic carbocycles. The van der Waals surface area contributed by atoms with Crippen LogP contribution >= 0.6 is 0 Å². The van der Waals surface area contributed by atoms with Gasteiger partial charge in [-0.25, -0.2) is 8.78 Å². The van der Waals surface area contributed by atoms with Gasteiger partial charge in [-0.1, -0.05) is 64.7 Å². The molecule has 29 heavy (non-hydrogen) atoms. The molecule has 4 atom stereocenters. The van der Waals surface area contributed by atoms with Gasteiger partial charge in [0.15, 0.2) is 0 Å². The van der Waals surface area contributed by atoms with Gasteiger partial charge in [0.2, 0.25) is 0 Å². The SMILES string of the molecule is CCCC1CCC(CCC2CCC3CC(c4cc(F)cc(F)c4)CCC3C2)CC1. The average Bonchev–Trinajstić information content (AvgIpc) is 2.72. The quantitative estimate of drug-likeness (QED) is 0.446. The molecule has 1 aromatic rings. The van der Waals surface area contributed by atoms with Crippen molar-refractivity contribution in [2.24, 2.45) is 29.6 Å². The number of halogens is 2. The normalized spacial score (nSPS) is 35.3. The molecular weight excluding hydrogens is 362 g/mol. The van der Waals surface area contributed by atoms with Gasteiger partial charge in [0.05, 0.1) is 0 Å². The third kappa shape index (κ3) is 5.61. The molecule has 4 rings (SSSR count). The highest BCUT2D eigenvalue weighted by Crippen LogP contribution is 2.49. The van der Waals surface area contributed by atoms with E-state index < -0.39 is 11.6 Å². The van der Waals surface area contributed by atoms with Crippen LogP contribution in [-0.2, 0) is 0 Å². The minimum absolute atomic E-state index is 0.358. The van der Waals surface area contributed by atoms with Crippen molar-refractivity contribution in [2.45, 2.75) is 103 Å². The highest BCUT2D eigenvalue weighted by atomic mass is 19.1. The molecular formula is C27H40F2. The molecule has 0 saturated heterocycles. The maximum Gasteiger partial charge on any atom is 0.126 e. The van der Waals surface area contributed by atoms with Crippen LogP contribution in [0.15, 0.2) is 18.2 Å². The van der Waals surface area contributed by atoms with E-state index in [1.54, 1.807) is 12.1 Å². The van der Waals surface area contributed by atoms with Gasteiger partial charge in [-0.05, 0) is 85.3 Å². The highest BCUT2D eigenvalue weighted by molar-refractivity contribution is 5.22. The van der Waals surface area contributed by atoms with Crippen molar-refractivity contribution < 1.29 is 8.78 Å². The van der Waals surface area contributed by atoms with Crippen LogP contribution in [0.2, 0.25) is 0 Å². The lowest BCUT2D eigenvalue weighted by Gasteiger charge is -2.42. The van der Waals surface area contributed by atoms with Gasteiger partial charge < -0.3 is 0 Å². The second-order valence-electron chi connectivity index (χ2n) is 10.7. The van der Waals surface area contributed by atoms with E-state index in [0.717, 1.165) is 54.1 Å². The summed E-state index contributed by atoms with van der Waals surface area (Å²) in [7, 11) is 0. The van der Waals surface area contributed by atoms with Crippen LogP contribution in [0.3, 0.4) is 0 Å². The summed E-state index contributed by atoms with van der Waals surface area (Å²) in [5.74, 6) is 4.12. The molecule has 0 bridgehead atoms. The van der Waals surface area contributed by atoms with Crippen molar-refractivity contribution in [2.75, 3.05) is 0 Å². The fourth-order valence-corrected chi connectivity index (χ4v) is 7.05. The van der Waals surface area contributed by atoms with Crippen LogP contribution in [0.5, 0.6) is 0 Å². The summed E-state index contributed by atoms with van der Waals surface area (Å²) < 4.78 is 27.3. The van der Waals surface area contributed by atoms with Gasteiger partial charge in [-0.15, -0.1) is 0 Å². The first-order chi connectivity index (χ1) is 14.1. The molecule has 0 amide bonds. The van der Waals surface area contributed by atoms with E-state index in [4.69, 9.17) is 0 Å². The van der Waals surface area contributed by atoms with Crippen LogP contribution in [-0.4, -0.2) is 0 Å². The molecule has 3 fully saturated rings. The van der Waals surface area contributed by atoms with E-state index in [0.29, 0.717) is 5.92 Å². The van der Waals surface area contributed by atoms with Gasteiger partial charge >= 0.3 is 0 Å². The second kappa shape index (κ2) is 9.92. The Morgan fingerprint density at radius 3 is 1.90 bits per heavy atom. The van der Waals surface area contributed by atoms with Crippen LogP contribution < -0.4 is 0 Å². The van der Waals surface area contributed by atoms with Crippen molar-refractivity contribution in [1.29, 1.82) is 0 Å². The summed E-state index contributed by atoms with van der Waals surface area (Å²) in [4.78, 5) is 0. The van der Waals surface area contributed by atoms with Crippen LogP contribution in [0, 0.1) is 41.2 Å². The monoisotopic (exact) mass is 402 g/mol. The first kappa shape index (κ1) is 21.3. The van der Waals surface area contributed by atoms with Gasteiger partial charge in [0.1, 0.15) is 11.6 Å². The summed E-state index contributed by atoms with van der Waals surface area (Å²) in [6, 6.07) is 4.13. The molecule has 0 aliphatic heterocycles. The maximum atomic E-state index is 13.6. The zero-order valence-electron chi connectivity index (χ0n) is 18.4. The molecule has 4 unspecified atom stereocenters. The molecule has 0 N–H and O–H groups in total. The number of fused-ring (bicyclic) bond motifs is 1. The van der Waals surface area contributed by atoms with Crippen molar-refractivity contribution in [1.82, 2.24) is 0 Å². The molecule has 3 aliphatic rings. The van der Waals surface area contributed by atoms with E-state index >= 15 is 0 Å². The van der Waals surface area contributed by atoms with Crippen molar-refractivity contribution in [3.05, 3.63) is 35.4 Å². The summed E-state index contributed by atoms with van der Waals surface area (Å²) in [6.07, 6.45) is 19.3. The fourth-order valence-electron chi connectivity index (χ4n) is 7.05. The van der Waals surface area contributed by atoms with Gasteiger partial charge in [-0.3, -0.25) is 0 Å². The van der Waals surface area contributed by atoms with Crippen LogP contribution in [0.1, 0.15) is 108 Å². The lowest BCUT2D eigenvalue weighted by atomic mass is 9.63. The molecule has 162 valence electrons. The van der Waals surface area contributed by atoms with E-state index in [1.165, 1.54) is 77.0 Å². The molecule has 0 radical (unpaired) electrons. The minimum atomic E-state index is -0.422. The molecule has 0 spiro atoms. The predicted octanol–water partition coefficient (Wildman–Crippen LogP) is 8.65. The highest BCUT2D eigenvalue weighted by Gasteiger charge is 2.36. The zero-order valence-corrected chi connectivity index (χ0v) is 18.4. The Labute approximate surface area is 176 Å². The standard InChI is InChI=1S/C27H40F2/c1-2-3-19-4-6-20(7-5-19)8-9-21-10-11-23-15-24(13-12-22(23)14-21)25-16-26(28)18-27(29)17-25/h16-24H,2-15H2,1H3. The number of rotatable bonds is 6. The Balaban J connectivity index is 1.22. The Kier molecular flexibility index (Phi) is 7.30. The topological polar surface area (TPSA) is 0 Å². The lowest BCUT2D eigenvalue weighted by Crippen LogP contribution is -2.30. The first-order valence-electron chi connectivity index (χ1n) is 12.6. The Morgan fingerprint density at radius 2 is 1.21 bits per heavy atom. The van der Waals surface area contributed by atoms with E-state index in [9.17, 15) is 8.78 Å². The lowest BCUT2D eigenvalue weighted by molar-refractivity contribution is 0.108. The first-order valence-corrected chi connectivity index (χ1v) is 12.6. The molecule has 0 nitrogen and oxygen atoms in total. The minimum Gasteiger partial charge on any atom is -0.207 e. The van der Waals surface area contributed by atoms with E-state index in [2.05, 4.69) is 6.92 Å². The number of benzene rings is 1. The van der Waals surface area contributed by atoms with Crippen molar-refractivity contribution in [3.63, 3.8) is 0 Å². The third-order valence-corrected chi connectivity index (χ3v) is 8.72. The molecule has 3 aliphatic carbocycles. The Morgan fingerprint density at radius 1 is 0.655 bits per heavy atom. The average molecular weight is 403 g/mol. The molecule has 0 heterocycles. The Hall–Kier alpha value is -0.920. The van der Waals surface area contributed by atoms with Gasteiger partial charge in [-0.2, -0.15) is 0 Å². The summed E-state index contributed by atoms with van der Waals surface area (Å²) in [6.45, 7) is 2.33. The third-order valence-electron chi connectivity index (χ3n) is 8.72. The van der Waals surface area contributed by atoms with Crippen LogP contribution in [0.25, 0.3) is 0 Å². The van der Waals surface area contributed by atoms with Gasteiger partial charge in [0.25, 0.3) is 0 Å². The molecule has 2 heteroatoms. The fraction of sp³-hybridized carbons (Fsp3) is 0.778. The summed E-state index contributed by atoms with van der Waals surface area (Å²) in [5.41, 5.74) is 0.891. The largest absolute Gasteiger partial charge is 0.207 e. The number of hydrogen-bond acceptors (Lipinski definition) is 0. The van der Waals surface area contributed by atoms with Crippen LogP contribution in [0.4, 0.5) is 8.78 Å². The van der Waals surface area contributed by atoms with Crippen molar-refractivity contribution in [3.8, 4) is 0 Å². The molecule has 0 aromatic heterocycles. The predicted molar refractivity (Wildman–Crippen MR) is 117 cm³/mol. The van der Waals surface area contributed by atoms with E-state index in [1.807, 2.05) is 0 Å². The van der Waals surface area contributed by atoms with Gasteiger partial charge in [0, 0.05) is 6.07 Å². The smallest absolute Gasteiger partial charge is 0.126 e. The summed E-state index contributed by atoms with van der Waals surface area (Å²) in [5, 5.41) is 0. The van der Waals surface area contributed by atoms with E-state index in [-0.39, 0.29) is 0 Å². The summed E-state index contributed by atoms with van der Waals surface area (Å²) >= 11 is 0. The second-order valence-corrected chi connectivity index (χ2v) is 10.7. The molecule has 3 saturated carbocycles.